The fourth-order valence-electron chi connectivity index (χ4n) is 2.78. The minimum Gasteiger partial charge on any atom is -0.369 e. The van der Waals surface area contributed by atoms with Gasteiger partial charge in [0.2, 0.25) is 5.95 Å². The van der Waals surface area contributed by atoms with Gasteiger partial charge < -0.3 is 15.1 Å². The Balaban J connectivity index is 0.00000109. The molecular weight excluding hydrogens is 330 g/mol. The topological polar surface area (TPSA) is 44.3 Å². The zero-order valence-electron chi connectivity index (χ0n) is 16.2. The number of hydrogen-bond donors (Lipinski definition) is 1. The maximum absolute atomic E-state index is 4.84. The molecule has 2 aromatic rings. The first kappa shape index (κ1) is 19.8. The number of thioether (sulfide) groups is 1. The third-order valence-corrected chi connectivity index (χ3v) is 4.84. The van der Waals surface area contributed by atoms with Crippen LogP contribution in [0.25, 0.3) is 10.9 Å². The van der Waals surface area contributed by atoms with Crippen molar-refractivity contribution in [1.29, 1.82) is 0 Å². The fourth-order valence-corrected chi connectivity index (χ4v) is 3.09. The van der Waals surface area contributed by atoms with Gasteiger partial charge in [-0.05, 0) is 32.4 Å². The lowest BCUT2D eigenvalue weighted by molar-refractivity contribution is 0.311. The minimum absolute atomic E-state index is 0.848. The summed E-state index contributed by atoms with van der Waals surface area (Å²) in [5, 5.41) is 4.61. The van der Waals surface area contributed by atoms with E-state index in [0.717, 1.165) is 61.1 Å². The van der Waals surface area contributed by atoms with E-state index in [1.54, 1.807) is 0 Å². The highest BCUT2D eigenvalue weighted by Gasteiger charge is 2.18. The molecule has 1 saturated heterocycles. The van der Waals surface area contributed by atoms with Gasteiger partial charge in [0.15, 0.2) is 0 Å². The van der Waals surface area contributed by atoms with Crippen LogP contribution in [0.4, 0.5) is 11.8 Å². The summed E-state index contributed by atoms with van der Waals surface area (Å²) in [4.78, 5) is 14.3. The zero-order valence-corrected chi connectivity index (χ0v) is 17.0. The quantitative estimate of drug-likeness (QED) is 0.823. The molecule has 1 aliphatic heterocycles. The number of hydrogen-bond acceptors (Lipinski definition) is 6. The monoisotopic (exact) mass is 361 g/mol. The van der Waals surface area contributed by atoms with Crippen molar-refractivity contribution < 1.29 is 0 Å². The highest BCUT2D eigenvalue weighted by atomic mass is 32.2. The Morgan fingerprint density at radius 2 is 1.84 bits per heavy atom. The first-order chi connectivity index (χ1) is 12.2. The third-order valence-electron chi connectivity index (χ3n) is 4.22. The average Bonchev–Trinajstić information content (AvgIpc) is 2.64. The second-order valence-electron chi connectivity index (χ2n) is 6.10. The van der Waals surface area contributed by atoms with E-state index in [-0.39, 0.29) is 0 Å². The Labute approximate surface area is 156 Å². The SMILES string of the molecule is CC.CSCCNc1nc(N2CCN(C)CC2)nc2ccc(C)cc12. The van der Waals surface area contributed by atoms with E-state index in [4.69, 9.17) is 9.97 Å². The smallest absolute Gasteiger partial charge is 0.227 e. The summed E-state index contributed by atoms with van der Waals surface area (Å²) in [5.41, 5.74) is 2.26. The van der Waals surface area contributed by atoms with Crippen molar-refractivity contribution in [3.8, 4) is 0 Å². The standard InChI is InChI=1S/C17H25N5S.C2H6/c1-13-4-5-15-14(12-13)16(18-6-11-23-3)20-17(19-15)22-9-7-21(2)8-10-22;1-2/h4-5,12H,6-11H2,1-3H3,(H,18,19,20);1-2H3. The highest BCUT2D eigenvalue weighted by Crippen LogP contribution is 2.25. The molecule has 25 heavy (non-hydrogen) atoms. The van der Waals surface area contributed by atoms with E-state index >= 15 is 0 Å². The van der Waals surface area contributed by atoms with Crippen molar-refractivity contribution in [3.63, 3.8) is 0 Å². The number of likely N-dealkylation sites (N-methyl/N-ethyl adjacent to an activating group) is 1. The van der Waals surface area contributed by atoms with Crippen molar-refractivity contribution in [2.24, 2.45) is 0 Å². The van der Waals surface area contributed by atoms with Gasteiger partial charge >= 0.3 is 0 Å². The summed E-state index contributed by atoms with van der Waals surface area (Å²) in [5.74, 6) is 2.88. The molecule has 5 nitrogen and oxygen atoms in total. The van der Waals surface area contributed by atoms with Gasteiger partial charge in [-0.1, -0.05) is 25.5 Å². The van der Waals surface area contributed by atoms with Gasteiger partial charge in [0.25, 0.3) is 0 Å². The number of nitrogens with zero attached hydrogens (tertiary/aromatic N) is 4. The molecule has 1 N–H and O–H groups in total. The van der Waals surface area contributed by atoms with Crippen LogP contribution in [0.3, 0.4) is 0 Å². The second kappa shape index (κ2) is 9.82. The number of fused-ring (bicyclic) bond motifs is 1. The van der Waals surface area contributed by atoms with Crippen LogP contribution < -0.4 is 10.2 Å². The summed E-state index contributed by atoms with van der Waals surface area (Å²) >= 11 is 1.84. The van der Waals surface area contributed by atoms with Crippen LogP contribution >= 0.6 is 11.8 Å². The number of nitrogens with one attached hydrogen (secondary N) is 1. The van der Waals surface area contributed by atoms with Crippen LogP contribution in [0.15, 0.2) is 18.2 Å². The van der Waals surface area contributed by atoms with E-state index in [0.29, 0.717) is 0 Å². The van der Waals surface area contributed by atoms with Gasteiger partial charge in [-0.3, -0.25) is 0 Å². The van der Waals surface area contributed by atoms with Crippen LogP contribution in [0.2, 0.25) is 0 Å². The number of piperazine rings is 1. The number of anilines is 2. The molecule has 0 aliphatic carbocycles. The van der Waals surface area contributed by atoms with Crippen LogP contribution in [-0.2, 0) is 0 Å². The largest absolute Gasteiger partial charge is 0.369 e. The Morgan fingerprint density at radius 1 is 1.12 bits per heavy atom. The number of aryl methyl sites for hydroxylation is 1. The third kappa shape index (κ3) is 5.22. The molecule has 6 heteroatoms. The Kier molecular flexibility index (Phi) is 7.78. The molecule has 0 atom stereocenters. The Morgan fingerprint density at radius 3 is 2.52 bits per heavy atom. The number of rotatable bonds is 5. The normalized spacial score (nSPS) is 15.0. The predicted molar refractivity (Wildman–Crippen MR) is 112 cm³/mol. The van der Waals surface area contributed by atoms with Crippen LogP contribution in [0.1, 0.15) is 19.4 Å². The molecule has 1 aromatic carbocycles. The summed E-state index contributed by atoms with van der Waals surface area (Å²) in [6, 6.07) is 6.39. The molecule has 1 fully saturated rings. The summed E-state index contributed by atoms with van der Waals surface area (Å²) < 4.78 is 0. The molecule has 0 spiro atoms. The maximum Gasteiger partial charge on any atom is 0.227 e. The van der Waals surface area contributed by atoms with Gasteiger partial charge in [0.1, 0.15) is 5.82 Å². The summed E-state index contributed by atoms with van der Waals surface area (Å²) in [6.07, 6.45) is 2.12. The molecule has 1 aliphatic rings. The minimum atomic E-state index is 0.848. The Hall–Kier alpha value is -1.53. The number of aromatic nitrogens is 2. The molecular formula is C19H31N5S. The molecule has 0 radical (unpaired) electrons. The first-order valence-electron chi connectivity index (χ1n) is 9.12. The molecule has 3 rings (SSSR count). The van der Waals surface area contributed by atoms with E-state index in [9.17, 15) is 0 Å². The van der Waals surface area contributed by atoms with Crippen molar-refractivity contribution in [1.82, 2.24) is 14.9 Å². The van der Waals surface area contributed by atoms with E-state index in [1.807, 2.05) is 25.6 Å². The van der Waals surface area contributed by atoms with Crippen molar-refractivity contribution >= 4 is 34.4 Å². The predicted octanol–water partition coefficient (Wildman–Crippen LogP) is 3.49. The molecule has 0 bridgehead atoms. The average molecular weight is 362 g/mol. The van der Waals surface area contributed by atoms with Crippen molar-refractivity contribution in [2.45, 2.75) is 20.8 Å². The maximum atomic E-state index is 4.84. The van der Waals surface area contributed by atoms with Crippen LogP contribution in [0, 0.1) is 6.92 Å². The zero-order chi connectivity index (χ0) is 18.2. The molecule has 2 heterocycles. The fraction of sp³-hybridized carbons (Fsp3) is 0.579. The molecule has 0 unspecified atom stereocenters. The van der Waals surface area contributed by atoms with Gasteiger partial charge in [0.05, 0.1) is 5.52 Å². The van der Waals surface area contributed by atoms with Crippen LogP contribution in [0.5, 0.6) is 0 Å². The van der Waals surface area contributed by atoms with Gasteiger partial charge in [-0.2, -0.15) is 16.7 Å². The molecule has 138 valence electrons. The van der Waals surface area contributed by atoms with E-state index < -0.39 is 0 Å². The van der Waals surface area contributed by atoms with Crippen molar-refractivity contribution in [3.05, 3.63) is 23.8 Å². The highest BCUT2D eigenvalue weighted by molar-refractivity contribution is 7.98. The lowest BCUT2D eigenvalue weighted by atomic mass is 10.1. The second-order valence-corrected chi connectivity index (χ2v) is 7.09. The first-order valence-corrected chi connectivity index (χ1v) is 10.5. The van der Waals surface area contributed by atoms with E-state index in [2.05, 4.69) is 53.5 Å². The Bertz CT molecular complexity index is 668. The summed E-state index contributed by atoms with van der Waals surface area (Å²) in [7, 11) is 2.16. The number of benzene rings is 1. The molecule has 1 aromatic heterocycles. The van der Waals surface area contributed by atoms with Gasteiger partial charge in [0, 0.05) is 43.9 Å². The lowest BCUT2D eigenvalue weighted by Gasteiger charge is -2.32. The molecule has 0 amide bonds. The molecule has 0 saturated carbocycles. The lowest BCUT2D eigenvalue weighted by Crippen LogP contribution is -2.45. The van der Waals surface area contributed by atoms with E-state index in [1.165, 1.54) is 5.56 Å². The summed E-state index contributed by atoms with van der Waals surface area (Å²) in [6.45, 7) is 11.1. The van der Waals surface area contributed by atoms with Crippen molar-refractivity contribution in [2.75, 3.05) is 62.0 Å². The van der Waals surface area contributed by atoms with Gasteiger partial charge in [-0.15, -0.1) is 0 Å². The van der Waals surface area contributed by atoms with Crippen LogP contribution in [-0.4, -0.2) is 66.6 Å². The van der Waals surface area contributed by atoms with Gasteiger partial charge in [-0.25, -0.2) is 4.98 Å².